The average Bonchev–Trinajstić information content (AvgIpc) is 2.74. The highest BCUT2D eigenvalue weighted by Crippen LogP contribution is 2.48. The second-order valence-corrected chi connectivity index (χ2v) is 4.99. The van der Waals surface area contributed by atoms with E-state index in [2.05, 4.69) is 5.32 Å². The Kier molecular flexibility index (Phi) is 2.72. The Morgan fingerprint density at radius 3 is 2.71 bits per heavy atom. The summed E-state index contributed by atoms with van der Waals surface area (Å²) in [5.74, 6) is 1.83. The number of nitrogens with two attached hydrogens (primary N) is 1. The van der Waals surface area contributed by atoms with E-state index in [9.17, 15) is 4.79 Å². The summed E-state index contributed by atoms with van der Waals surface area (Å²) in [6.07, 6.45) is 4.89. The summed E-state index contributed by atoms with van der Waals surface area (Å²) in [5.41, 5.74) is 5.33. The number of hydrogen-bond donors (Lipinski definition) is 2. The van der Waals surface area contributed by atoms with Gasteiger partial charge in [-0.25, -0.2) is 0 Å². The van der Waals surface area contributed by atoms with E-state index < -0.39 is 0 Å². The van der Waals surface area contributed by atoms with Gasteiger partial charge in [0, 0.05) is 5.92 Å². The minimum Gasteiger partial charge on any atom is -0.392 e. The lowest BCUT2D eigenvalue weighted by Gasteiger charge is -2.20. The lowest BCUT2D eigenvalue weighted by molar-refractivity contribution is -0.126. The molecule has 0 saturated heterocycles. The molecule has 3 atom stereocenters. The number of amides is 1. The zero-order valence-electron chi connectivity index (χ0n) is 8.16. The van der Waals surface area contributed by atoms with Crippen molar-refractivity contribution in [2.75, 3.05) is 6.54 Å². The second kappa shape index (κ2) is 3.85. The molecule has 2 aliphatic rings. The van der Waals surface area contributed by atoms with Gasteiger partial charge in [0.1, 0.15) is 0 Å². The van der Waals surface area contributed by atoms with Crippen molar-refractivity contribution >= 4 is 23.1 Å². The topological polar surface area (TPSA) is 55.1 Å². The maximum absolute atomic E-state index is 11.7. The second-order valence-electron chi connectivity index (χ2n) is 4.47. The first-order valence-corrected chi connectivity index (χ1v) is 5.63. The fourth-order valence-corrected chi connectivity index (χ4v) is 2.94. The lowest BCUT2D eigenvalue weighted by Crippen LogP contribution is -2.38. The van der Waals surface area contributed by atoms with Gasteiger partial charge in [0.2, 0.25) is 5.91 Å². The molecular weight excluding hydrogens is 196 g/mol. The van der Waals surface area contributed by atoms with Crippen molar-refractivity contribution < 1.29 is 4.79 Å². The van der Waals surface area contributed by atoms with Gasteiger partial charge < -0.3 is 11.1 Å². The standard InChI is InChI=1S/C10H16N2OS/c11-9(14)5-12-10(13)8-4-6-1-2-7(8)3-6/h6-8H,1-5H2,(H2,11,14)(H,12,13). The molecule has 4 heteroatoms. The van der Waals surface area contributed by atoms with Crippen LogP contribution in [0.4, 0.5) is 0 Å². The Labute approximate surface area is 89.4 Å². The van der Waals surface area contributed by atoms with E-state index in [1.54, 1.807) is 0 Å². The van der Waals surface area contributed by atoms with Crippen LogP contribution in [0.2, 0.25) is 0 Å². The van der Waals surface area contributed by atoms with Crippen LogP contribution in [0.3, 0.4) is 0 Å². The third-order valence-corrected chi connectivity index (χ3v) is 3.66. The highest BCUT2D eigenvalue weighted by atomic mass is 32.1. The lowest BCUT2D eigenvalue weighted by atomic mass is 9.88. The minimum absolute atomic E-state index is 0.157. The Bertz CT molecular complexity index is 267. The van der Waals surface area contributed by atoms with Crippen LogP contribution < -0.4 is 11.1 Å². The SMILES string of the molecule is NC(=S)CNC(=O)C1CC2CCC1C2. The van der Waals surface area contributed by atoms with E-state index in [4.69, 9.17) is 18.0 Å². The maximum Gasteiger partial charge on any atom is 0.223 e. The van der Waals surface area contributed by atoms with Crippen LogP contribution in [0.15, 0.2) is 0 Å². The van der Waals surface area contributed by atoms with Gasteiger partial charge in [0.15, 0.2) is 0 Å². The molecule has 1 amide bonds. The molecule has 3 nitrogen and oxygen atoms in total. The first kappa shape index (κ1) is 9.90. The summed E-state index contributed by atoms with van der Waals surface area (Å²) in [6.45, 7) is 0.349. The van der Waals surface area contributed by atoms with Crippen molar-refractivity contribution in [1.29, 1.82) is 0 Å². The zero-order chi connectivity index (χ0) is 10.1. The Hall–Kier alpha value is -0.640. The fourth-order valence-electron chi connectivity index (χ4n) is 2.87. The molecule has 0 heterocycles. The molecule has 2 saturated carbocycles. The molecule has 0 radical (unpaired) electrons. The highest BCUT2D eigenvalue weighted by molar-refractivity contribution is 7.80. The summed E-state index contributed by atoms with van der Waals surface area (Å²) >= 11 is 4.72. The number of fused-ring (bicyclic) bond motifs is 2. The van der Waals surface area contributed by atoms with Crippen LogP contribution in [-0.2, 0) is 4.79 Å². The summed E-state index contributed by atoms with van der Waals surface area (Å²) in [7, 11) is 0. The summed E-state index contributed by atoms with van der Waals surface area (Å²) < 4.78 is 0. The van der Waals surface area contributed by atoms with Gasteiger partial charge in [-0.3, -0.25) is 4.79 Å². The van der Waals surface area contributed by atoms with Gasteiger partial charge in [-0.15, -0.1) is 0 Å². The monoisotopic (exact) mass is 212 g/mol. The largest absolute Gasteiger partial charge is 0.392 e. The number of nitrogens with one attached hydrogen (secondary N) is 1. The molecule has 14 heavy (non-hydrogen) atoms. The smallest absolute Gasteiger partial charge is 0.223 e. The van der Waals surface area contributed by atoms with E-state index in [1.165, 1.54) is 19.3 Å². The van der Waals surface area contributed by atoms with Crippen LogP contribution in [0, 0.1) is 17.8 Å². The zero-order valence-corrected chi connectivity index (χ0v) is 8.98. The Morgan fingerprint density at radius 1 is 1.43 bits per heavy atom. The first-order chi connectivity index (χ1) is 6.66. The quantitative estimate of drug-likeness (QED) is 0.681. The first-order valence-electron chi connectivity index (χ1n) is 5.23. The molecule has 0 spiro atoms. The van der Waals surface area contributed by atoms with Gasteiger partial charge >= 0.3 is 0 Å². The van der Waals surface area contributed by atoms with Gasteiger partial charge in [0.25, 0.3) is 0 Å². The molecule has 2 aliphatic carbocycles. The van der Waals surface area contributed by atoms with E-state index in [0.717, 1.165) is 12.3 Å². The third kappa shape index (κ3) is 1.90. The van der Waals surface area contributed by atoms with Crippen molar-refractivity contribution in [2.45, 2.75) is 25.7 Å². The summed E-state index contributed by atoms with van der Waals surface area (Å²) in [6, 6.07) is 0. The molecular formula is C10H16N2OS. The van der Waals surface area contributed by atoms with Crippen LogP contribution in [0.5, 0.6) is 0 Å². The molecule has 3 N–H and O–H groups in total. The van der Waals surface area contributed by atoms with E-state index in [1.807, 2.05) is 0 Å². The molecule has 2 rings (SSSR count). The number of carbonyl (C=O) groups excluding carboxylic acids is 1. The molecule has 2 bridgehead atoms. The van der Waals surface area contributed by atoms with Crippen molar-refractivity contribution in [3.8, 4) is 0 Å². The van der Waals surface area contributed by atoms with Gasteiger partial charge in [-0.1, -0.05) is 18.6 Å². The number of rotatable bonds is 3. The van der Waals surface area contributed by atoms with E-state index >= 15 is 0 Å². The van der Waals surface area contributed by atoms with Crippen molar-refractivity contribution in [2.24, 2.45) is 23.5 Å². The Balaban J connectivity index is 1.84. The number of hydrogen-bond acceptors (Lipinski definition) is 2. The molecule has 0 aromatic rings. The van der Waals surface area contributed by atoms with Gasteiger partial charge in [-0.05, 0) is 31.1 Å². The van der Waals surface area contributed by atoms with Crippen molar-refractivity contribution in [1.82, 2.24) is 5.32 Å². The van der Waals surface area contributed by atoms with Gasteiger partial charge in [-0.2, -0.15) is 0 Å². The van der Waals surface area contributed by atoms with E-state index in [0.29, 0.717) is 17.5 Å². The van der Waals surface area contributed by atoms with Gasteiger partial charge in [0.05, 0.1) is 11.5 Å². The highest BCUT2D eigenvalue weighted by Gasteiger charge is 2.42. The molecule has 2 fully saturated rings. The fraction of sp³-hybridized carbons (Fsp3) is 0.800. The average molecular weight is 212 g/mol. The van der Waals surface area contributed by atoms with Crippen LogP contribution in [0.1, 0.15) is 25.7 Å². The van der Waals surface area contributed by atoms with Crippen molar-refractivity contribution in [3.63, 3.8) is 0 Å². The molecule has 0 aromatic carbocycles. The normalized spacial score (nSPS) is 34.4. The molecule has 0 aliphatic heterocycles. The summed E-state index contributed by atoms with van der Waals surface area (Å²) in [4.78, 5) is 12.1. The Morgan fingerprint density at radius 2 is 2.21 bits per heavy atom. The molecule has 78 valence electrons. The van der Waals surface area contributed by atoms with Crippen LogP contribution >= 0.6 is 12.2 Å². The third-order valence-electron chi connectivity index (χ3n) is 3.51. The summed E-state index contributed by atoms with van der Waals surface area (Å²) in [5, 5.41) is 2.80. The number of thiocarbonyl (C=S) groups is 1. The minimum atomic E-state index is 0.157. The number of carbonyl (C=O) groups is 1. The van der Waals surface area contributed by atoms with E-state index in [-0.39, 0.29) is 11.8 Å². The van der Waals surface area contributed by atoms with Crippen molar-refractivity contribution in [3.05, 3.63) is 0 Å². The van der Waals surface area contributed by atoms with Crippen LogP contribution in [0.25, 0.3) is 0 Å². The predicted molar refractivity (Wildman–Crippen MR) is 58.7 cm³/mol. The molecule has 3 unspecified atom stereocenters. The van der Waals surface area contributed by atoms with Crippen LogP contribution in [-0.4, -0.2) is 17.4 Å². The maximum atomic E-state index is 11.7. The molecule has 0 aromatic heterocycles. The predicted octanol–water partition coefficient (Wildman–Crippen LogP) is 0.825.